The van der Waals surface area contributed by atoms with Crippen LogP contribution in [0.1, 0.15) is 29.8 Å². The van der Waals surface area contributed by atoms with Crippen LogP contribution in [0.5, 0.6) is 0 Å². The van der Waals surface area contributed by atoms with Crippen molar-refractivity contribution in [1.29, 1.82) is 0 Å². The van der Waals surface area contributed by atoms with Gasteiger partial charge in [0.1, 0.15) is 5.01 Å². The molecule has 0 amide bonds. The highest BCUT2D eigenvalue weighted by atomic mass is 32.1. The smallest absolute Gasteiger partial charge is 0.203 e. The van der Waals surface area contributed by atoms with Crippen LogP contribution in [0, 0.1) is 0 Å². The van der Waals surface area contributed by atoms with E-state index in [1.807, 2.05) is 18.2 Å². The fraction of sp³-hybridized carbons (Fsp3) is 0.273. The van der Waals surface area contributed by atoms with Gasteiger partial charge in [-0.2, -0.15) is 0 Å². The first-order valence-electron chi connectivity index (χ1n) is 4.95. The molecule has 1 aromatic carbocycles. The summed E-state index contributed by atoms with van der Waals surface area (Å²) in [5, 5.41) is 9.51. The molecular weight excluding hydrogens is 206 g/mol. The minimum absolute atomic E-state index is 0.320. The quantitative estimate of drug-likeness (QED) is 0.863. The van der Waals surface area contributed by atoms with Gasteiger partial charge in [0.05, 0.1) is 0 Å². The van der Waals surface area contributed by atoms with E-state index < -0.39 is 0 Å². The summed E-state index contributed by atoms with van der Waals surface area (Å²) in [6, 6.07) is 10.3. The number of hydrogen-bond acceptors (Lipinski definition) is 4. The summed E-state index contributed by atoms with van der Waals surface area (Å²) in [4.78, 5) is 0. The maximum Gasteiger partial charge on any atom is 0.203 e. The molecule has 4 heteroatoms. The van der Waals surface area contributed by atoms with Gasteiger partial charge in [0.25, 0.3) is 0 Å². The van der Waals surface area contributed by atoms with Crippen molar-refractivity contribution in [1.82, 2.24) is 10.2 Å². The summed E-state index contributed by atoms with van der Waals surface area (Å²) in [5.41, 5.74) is 6.87. The molecule has 78 valence electrons. The molecule has 0 saturated heterocycles. The third-order valence-electron chi connectivity index (χ3n) is 2.36. The van der Waals surface area contributed by atoms with Crippen molar-refractivity contribution in [3.63, 3.8) is 0 Å². The SMILES string of the molecule is CC[C@@H](c1ccccc1)c1nnc(N)s1. The van der Waals surface area contributed by atoms with Crippen LogP contribution in [0.25, 0.3) is 0 Å². The van der Waals surface area contributed by atoms with Crippen molar-refractivity contribution in [2.24, 2.45) is 0 Å². The fourth-order valence-electron chi connectivity index (χ4n) is 1.63. The maximum atomic E-state index is 5.59. The van der Waals surface area contributed by atoms with Crippen molar-refractivity contribution >= 4 is 16.5 Å². The summed E-state index contributed by atoms with van der Waals surface area (Å²) in [6.07, 6.45) is 1.01. The molecule has 1 aromatic heterocycles. The van der Waals surface area contributed by atoms with Gasteiger partial charge in [-0.25, -0.2) is 0 Å². The molecule has 0 spiro atoms. The van der Waals surface area contributed by atoms with Crippen LogP contribution in [-0.4, -0.2) is 10.2 Å². The molecule has 0 bridgehead atoms. The van der Waals surface area contributed by atoms with Crippen molar-refractivity contribution in [2.45, 2.75) is 19.3 Å². The zero-order chi connectivity index (χ0) is 10.7. The van der Waals surface area contributed by atoms with Crippen molar-refractivity contribution in [3.8, 4) is 0 Å². The maximum absolute atomic E-state index is 5.59. The van der Waals surface area contributed by atoms with E-state index in [4.69, 9.17) is 5.73 Å². The van der Waals surface area contributed by atoms with Crippen LogP contribution in [0.2, 0.25) is 0 Å². The Morgan fingerprint density at radius 2 is 2.00 bits per heavy atom. The molecule has 1 heterocycles. The molecular formula is C11H13N3S. The highest BCUT2D eigenvalue weighted by Crippen LogP contribution is 2.30. The second-order valence-electron chi connectivity index (χ2n) is 3.35. The summed E-state index contributed by atoms with van der Waals surface area (Å²) >= 11 is 1.47. The van der Waals surface area contributed by atoms with Gasteiger partial charge in [0.2, 0.25) is 5.13 Å². The van der Waals surface area contributed by atoms with Crippen molar-refractivity contribution in [3.05, 3.63) is 40.9 Å². The Bertz CT molecular complexity index is 424. The van der Waals surface area contributed by atoms with Crippen LogP contribution in [0.4, 0.5) is 5.13 Å². The predicted molar refractivity (Wildman–Crippen MR) is 62.9 cm³/mol. The lowest BCUT2D eigenvalue weighted by molar-refractivity contribution is 0.755. The van der Waals surface area contributed by atoms with Crippen molar-refractivity contribution in [2.75, 3.05) is 5.73 Å². The van der Waals surface area contributed by atoms with Gasteiger partial charge < -0.3 is 5.73 Å². The van der Waals surface area contributed by atoms with E-state index >= 15 is 0 Å². The van der Waals surface area contributed by atoms with Gasteiger partial charge in [-0.3, -0.25) is 0 Å². The average molecular weight is 219 g/mol. The number of rotatable bonds is 3. The van der Waals surface area contributed by atoms with E-state index in [2.05, 4.69) is 29.3 Å². The standard InChI is InChI=1S/C11H13N3S/c1-2-9(8-6-4-3-5-7-8)10-13-14-11(12)15-10/h3-7,9H,2H2,1H3,(H2,12,14)/t9-/m0/s1. The van der Waals surface area contributed by atoms with E-state index in [0.29, 0.717) is 11.0 Å². The number of nitrogen functional groups attached to an aromatic ring is 1. The second-order valence-corrected chi connectivity index (χ2v) is 4.39. The van der Waals surface area contributed by atoms with E-state index in [0.717, 1.165) is 11.4 Å². The van der Waals surface area contributed by atoms with Gasteiger partial charge in [0.15, 0.2) is 0 Å². The summed E-state index contributed by atoms with van der Waals surface area (Å²) in [6.45, 7) is 2.15. The first kappa shape index (κ1) is 10.1. The number of benzene rings is 1. The summed E-state index contributed by atoms with van der Waals surface area (Å²) in [7, 11) is 0. The zero-order valence-electron chi connectivity index (χ0n) is 8.55. The van der Waals surface area contributed by atoms with Gasteiger partial charge in [-0.1, -0.05) is 48.6 Å². The predicted octanol–water partition coefficient (Wildman–Crippen LogP) is 2.66. The number of nitrogens with zero attached hydrogens (tertiary/aromatic N) is 2. The lowest BCUT2D eigenvalue weighted by Crippen LogP contribution is -1.98. The molecule has 0 fully saturated rings. The molecule has 0 aliphatic rings. The average Bonchev–Trinajstić information content (AvgIpc) is 2.68. The van der Waals surface area contributed by atoms with Crippen LogP contribution < -0.4 is 5.73 Å². The third kappa shape index (κ3) is 2.15. The Labute approximate surface area is 93.0 Å². The van der Waals surface area contributed by atoms with Crippen LogP contribution >= 0.6 is 11.3 Å². The van der Waals surface area contributed by atoms with E-state index in [1.54, 1.807) is 0 Å². The monoisotopic (exact) mass is 219 g/mol. The fourth-order valence-corrected chi connectivity index (χ4v) is 2.45. The number of nitrogens with two attached hydrogens (primary N) is 1. The minimum atomic E-state index is 0.320. The number of hydrogen-bond donors (Lipinski definition) is 1. The van der Waals surface area contributed by atoms with Crippen LogP contribution in [-0.2, 0) is 0 Å². The first-order chi connectivity index (χ1) is 7.31. The lowest BCUT2D eigenvalue weighted by Gasteiger charge is -2.10. The van der Waals surface area contributed by atoms with Crippen molar-refractivity contribution < 1.29 is 0 Å². The molecule has 2 aromatic rings. The van der Waals surface area contributed by atoms with Gasteiger partial charge in [-0.05, 0) is 12.0 Å². The molecule has 2 rings (SSSR count). The molecule has 0 aliphatic heterocycles. The molecule has 1 atom stereocenters. The molecule has 0 aliphatic carbocycles. The molecule has 0 unspecified atom stereocenters. The second kappa shape index (κ2) is 4.40. The topological polar surface area (TPSA) is 51.8 Å². The number of anilines is 1. The molecule has 3 nitrogen and oxygen atoms in total. The van der Waals surface area contributed by atoms with Gasteiger partial charge in [0, 0.05) is 5.92 Å². The van der Waals surface area contributed by atoms with E-state index in [-0.39, 0.29) is 0 Å². The molecule has 2 N–H and O–H groups in total. The zero-order valence-corrected chi connectivity index (χ0v) is 9.37. The normalized spacial score (nSPS) is 12.6. The molecule has 15 heavy (non-hydrogen) atoms. The largest absolute Gasteiger partial charge is 0.374 e. The molecule has 0 radical (unpaired) electrons. The Balaban J connectivity index is 2.33. The van der Waals surface area contributed by atoms with Crippen LogP contribution in [0.3, 0.4) is 0 Å². The van der Waals surface area contributed by atoms with Crippen LogP contribution in [0.15, 0.2) is 30.3 Å². The number of aromatic nitrogens is 2. The van der Waals surface area contributed by atoms with E-state index in [9.17, 15) is 0 Å². The van der Waals surface area contributed by atoms with Gasteiger partial charge >= 0.3 is 0 Å². The Morgan fingerprint density at radius 3 is 2.53 bits per heavy atom. The highest BCUT2D eigenvalue weighted by Gasteiger charge is 2.15. The summed E-state index contributed by atoms with van der Waals surface area (Å²) < 4.78 is 0. The Kier molecular flexibility index (Phi) is 2.97. The highest BCUT2D eigenvalue weighted by molar-refractivity contribution is 7.15. The first-order valence-corrected chi connectivity index (χ1v) is 5.76. The Hall–Kier alpha value is -1.42. The minimum Gasteiger partial charge on any atom is -0.374 e. The molecule has 0 saturated carbocycles. The van der Waals surface area contributed by atoms with Gasteiger partial charge in [-0.15, -0.1) is 10.2 Å². The third-order valence-corrected chi connectivity index (χ3v) is 3.23. The lowest BCUT2D eigenvalue weighted by atomic mass is 9.97. The Morgan fingerprint density at radius 1 is 1.27 bits per heavy atom. The van der Waals surface area contributed by atoms with E-state index in [1.165, 1.54) is 16.9 Å². The summed E-state index contributed by atoms with van der Waals surface area (Å²) in [5.74, 6) is 0.320.